The number of nitrogens with one attached hydrogen (secondary N) is 1. The fourth-order valence-corrected chi connectivity index (χ4v) is 6.64. The number of carbonyl (C=O) groups excluding carboxylic acids is 2. The minimum atomic E-state index is -4.58. The van der Waals surface area contributed by atoms with E-state index in [0.29, 0.717) is 24.0 Å². The number of pyridine rings is 1. The molecule has 3 heterocycles. The van der Waals surface area contributed by atoms with E-state index in [-0.39, 0.29) is 35.9 Å². The van der Waals surface area contributed by atoms with E-state index in [9.17, 15) is 22.8 Å². The van der Waals surface area contributed by atoms with Crippen LogP contribution >= 0.6 is 0 Å². The summed E-state index contributed by atoms with van der Waals surface area (Å²) in [4.78, 5) is 38.0. The average molecular weight is 572 g/mol. The van der Waals surface area contributed by atoms with Gasteiger partial charge in [-0.15, -0.1) is 0 Å². The van der Waals surface area contributed by atoms with E-state index < -0.39 is 47.7 Å². The molecule has 1 aromatic heterocycles. The molecule has 0 saturated heterocycles. The zero-order valence-corrected chi connectivity index (χ0v) is 23.6. The second-order valence-electron chi connectivity index (χ2n) is 11.9. The number of carbonyl (C=O) groups is 2. The first-order chi connectivity index (χ1) is 19.3. The van der Waals surface area contributed by atoms with Crippen molar-refractivity contribution in [1.29, 1.82) is 0 Å². The number of benzene rings is 1. The summed E-state index contributed by atoms with van der Waals surface area (Å²) in [6, 6.07) is 8.53. The molecule has 3 aliphatic rings. The number of para-hydroxylation sites is 1. The molecule has 3 unspecified atom stereocenters. The number of rotatable bonds is 7. The van der Waals surface area contributed by atoms with Crippen LogP contribution in [0.4, 0.5) is 13.2 Å². The molecule has 1 aromatic carbocycles. The fraction of sp³-hybridized carbons (Fsp3) is 0.533. The van der Waals surface area contributed by atoms with Gasteiger partial charge in [0.1, 0.15) is 5.75 Å². The van der Waals surface area contributed by atoms with Gasteiger partial charge in [-0.3, -0.25) is 19.5 Å². The van der Waals surface area contributed by atoms with Gasteiger partial charge in [0, 0.05) is 36.2 Å². The zero-order chi connectivity index (χ0) is 29.7. The van der Waals surface area contributed by atoms with E-state index in [2.05, 4.69) is 10.3 Å². The molecule has 2 amide bonds. The third-order valence-corrected chi connectivity index (χ3v) is 9.20. The molecule has 220 valence electrons. The van der Waals surface area contributed by atoms with Crippen LogP contribution in [0.15, 0.2) is 53.8 Å². The maximum absolute atomic E-state index is 13.8. The first kappa shape index (κ1) is 28.9. The van der Waals surface area contributed by atoms with E-state index >= 15 is 0 Å². The van der Waals surface area contributed by atoms with Crippen LogP contribution in [0.1, 0.15) is 76.6 Å². The van der Waals surface area contributed by atoms with Crippen molar-refractivity contribution in [3.63, 3.8) is 0 Å². The van der Waals surface area contributed by atoms with E-state index in [0.717, 1.165) is 0 Å². The summed E-state index contributed by atoms with van der Waals surface area (Å²) in [5, 5.41) is 2.89. The number of hydrogen-bond acceptors (Lipinski definition) is 6. The third-order valence-electron chi connectivity index (χ3n) is 9.20. The maximum atomic E-state index is 13.8. The number of nitrogens with two attached hydrogens (primary N) is 1. The SMILES string of the molecule is CCC1(CC)CC(=O)N(C(c2cccnc2)C2C(C(=O)N[C@@H]3C[C@@H](C(F)(F)F)Oc4ccccc43)C2(C)C)C(N)=N1. The molecule has 11 heteroatoms. The number of guanidine groups is 1. The summed E-state index contributed by atoms with van der Waals surface area (Å²) >= 11 is 0. The van der Waals surface area contributed by atoms with Gasteiger partial charge >= 0.3 is 6.18 Å². The number of alkyl halides is 3. The average Bonchev–Trinajstić information content (AvgIpc) is 3.51. The lowest BCUT2D eigenvalue weighted by Gasteiger charge is -2.40. The van der Waals surface area contributed by atoms with E-state index in [1.54, 1.807) is 36.7 Å². The summed E-state index contributed by atoms with van der Waals surface area (Å²) < 4.78 is 46.3. The molecule has 0 radical (unpaired) electrons. The minimum Gasteiger partial charge on any atom is -0.480 e. The number of nitrogens with zero attached hydrogens (tertiary/aromatic N) is 3. The molecule has 2 aliphatic heterocycles. The molecule has 41 heavy (non-hydrogen) atoms. The van der Waals surface area contributed by atoms with Gasteiger partial charge in [-0.05, 0) is 36.0 Å². The van der Waals surface area contributed by atoms with Crippen molar-refractivity contribution in [2.75, 3.05) is 0 Å². The molecule has 1 saturated carbocycles. The molecule has 1 aliphatic carbocycles. The van der Waals surface area contributed by atoms with Crippen LogP contribution in [-0.2, 0) is 9.59 Å². The molecule has 5 rings (SSSR count). The molecular weight excluding hydrogens is 535 g/mol. The van der Waals surface area contributed by atoms with Crippen LogP contribution in [0.25, 0.3) is 0 Å². The standard InChI is InChI=1S/C30H36F3N5O3/c1-5-29(6-2)15-22(39)38(27(34)37-29)25(17-10-9-13-35-16-17)23-24(28(23,3)4)26(40)36-19-14-21(30(31,32)33)41-20-12-8-7-11-18(19)20/h7-13,16,19,21,23-25H,5-6,14-15H2,1-4H3,(H2,34,37)(H,36,40)/t19-,21+,23?,24?,25?/m1/s1. The Kier molecular flexibility index (Phi) is 7.28. The summed E-state index contributed by atoms with van der Waals surface area (Å²) in [6.07, 6.45) is -2.26. The molecule has 5 atom stereocenters. The van der Waals surface area contributed by atoms with Gasteiger partial charge in [-0.25, -0.2) is 4.99 Å². The highest BCUT2D eigenvalue weighted by molar-refractivity contribution is 6.00. The monoisotopic (exact) mass is 571 g/mol. The number of fused-ring (bicyclic) bond motifs is 1. The summed E-state index contributed by atoms with van der Waals surface area (Å²) in [5.41, 5.74) is 6.53. The van der Waals surface area contributed by atoms with Gasteiger partial charge in [-0.1, -0.05) is 52.0 Å². The van der Waals surface area contributed by atoms with Crippen molar-refractivity contribution in [2.45, 2.75) is 83.3 Å². The Morgan fingerprint density at radius 3 is 2.51 bits per heavy atom. The fourth-order valence-electron chi connectivity index (χ4n) is 6.64. The van der Waals surface area contributed by atoms with Crippen molar-refractivity contribution in [3.05, 3.63) is 59.9 Å². The van der Waals surface area contributed by atoms with Gasteiger partial charge in [0.2, 0.25) is 11.8 Å². The lowest BCUT2D eigenvalue weighted by molar-refractivity contribution is -0.201. The Morgan fingerprint density at radius 2 is 1.90 bits per heavy atom. The van der Waals surface area contributed by atoms with Crippen LogP contribution in [0, 0.1) is 17.3 Å². The van der Waals surface area contributed by atoms with Gasteiger partial charge in [0.15, 0.2) is 12.1 Å². The molecule has 3 N–H and O–H groups in total. The van der Waals surface area contributed by atoms with Crippen molar-refractivity contribution in [1.82, 2.24) is 15.2 Å². The summed E-state index contributed by atoms with van der Waals surface area (Å²) in [7, 11) is 0. The highest BCUT2D eigenvalue weighted by atomic mass is 19.4. The number of aliphatic imine (C=N–C) groups is 1. The first-order valence-corrected chi connectivity index (χ1v) is 14.0. The van der Waals surface area contributed by atoms with Crippen LogP contribution < -0.4 is 15.8 Å². The van der Waals surface area contributed by atoms with Crippen LogP contribution in [-0.4, -0.2) is 45.5 Å². The predicted octanol–water partition coefficient (Wildman–Crippen LogP) is 5.07. The topological polar surface area (TPSA) is 110 Å². The van der Waals surface area contributed by atoms with E-state index in [1.807, 2.05) is 33.8 Å². The molecule has 1 fully saturated rings. The highest BCUT2D eigenvalue weighted by Crippen LogP contribution is 2.65. The second-order valence-corrected chi connectivity index (χ2v) is 11.9. The maximum Gasteiger partial charge on any atom is 0.425 e. The number of aromatic nitrogens is 1. The Morgan fingerprint density at radius 1 is 1.20 bits per heavy atom. The summed E-state index contributed by atoms with van der Waals surface area (Å²) in [6.45, 7) is 7.80. The molecule has 0 spiro atoms. The Labute approximate surface area is 237 Å². The summed E-state index contributed by atoms with van der Waals surface area (Å²) in [5.74, 6) is -1.34. The van der Waals surface area contributed by atoms with E-state index in [4.69, 9.17) is 15.5 Å². The predicted molar refractivity (Wildman–Crippen MR) is 147 cm³/mol. The first-order valence-electron chi connectivity index (χ1n) is 14.0. The number of amides is 2. The molecule has 0 bridgehead atoms. The normalized spacial score (nSPS) is 27.2. The van der Waals surface area contributed by atoms with Crippen LogP contribution in [0.5, 0.6) is 5.75 Å². The van der Waals surface area contributed by atoms with Crippen LogP contribution in [0.2, 0.25) is 0 Å². The number of halogens is 3. The minimum absolute atomic E-state index is 0.101. The molecule has 8 nitrogen and oxygen atoms in total. The van der Waals surface area contributed by atoms with Crippen molar-refractivity contribution >= 4 is 17.8 Å². The third kappa shape index (κ3) is 5.15. The second kappa shape index (κ2) is 10.3. The zero-order valence-electron chi connectivity index (χ0n) is 23.6. The van der Waals surface area contributed by atoms with Crippen molar-refractivity contribution in [3.8, 4) is 5.75 Å². The Hall–Kier alpha value is -3.63. The van der Waals surface area contributed by atoms with E-state index in [1.165, 1.54) is 11.0 Å². The van der Waals surface area contributed by atoms with Gasteiger partial charge < -0.3 is 15.8 Å². The Balaban J connectivity index is 1.47. The van der Waals surface area contributed by atoms with Gasteiger partial charge in [0.25, 0.3) is 0 Å². The van der Waals surface area contributed by atoms with Crippen LogP contribution in [0.3, 0.4) is 0 Å². The lowest BCUT2D eigenvalue weighted by atomic mass is 9.86. The molecular formula is C30H36F3N5O3. The largest absolute Gasteiger partial charge is 0.480 e. The van der Waals surface area contributed by atoms with Gasteiger partial charge in [-0.2, -0.15) is 13.2 Å². The van der Waals surface area contributed by atoms with Crippen molar-refractivity contribution in [2.24, 2.45) is 28.0 Å². The lowest BCUT2D eigenvalue weighted by Crippen LogP contribution is -2.53. The quantitative estimate of drug-likeness (QED) is 0.482. The number of ether oxygens (including phenoxy) is 1. The van der Waals surface area contributed by atoms with Gasteiger partial charge in [0.05, 0.1) is 24.0 Å². The number of hydrogen-bond donors (Lipinski definition) is 2. The molecule has 2 aromatic rings. The Bertz CT molecular complexity index is 1340. The smallest absolute Gasteiger partial charge is 0.425 e. The van der Waals surface area contributed by atoms with Crippen molar-refractivity contribution < 1.29 is 27.5 Å². The highest BCUT2D eigenvalue weighted by Gasteiger charge is 2.67.